The molecular formula is C19H27NO. The molecule has 2 atom stereocenters. The summed E-state index contributed by atoms with van der Waals surface area (Å²) in [6.45, 7) is 1.21. The fourth-order valence-corrected chi connectivity index (χ4v) is 4.20. The van der Waals surface area contributed by atoms with Gasteiger partial charge in [0.25, 0.3) is 0 Å². The summed E-state index contributed by atoms with van der Waals surface area (Å²) in [5, 5.41) is 3.77. The van der Waals surface area contributed by atoms with Gasteiger partial charge in [-0.1, -0.05) is 43.9 Å². The second kappa shape index (κ2) is 6.00. The van der Waals surface area contributed by atoms with Gasteiger partial charge in [0.1, 0.15) is 11.9 Å². The Morgan fingerprint density at radius 1 is 1.10 bits per heavy atom. The molecule has 0 bridgehead atoms. The van der Waals surface area contributed by atoms with E-state index in [2.05, 4.69) is 29.6 Å². The maximum Gasteiger partial charge on any atom is 0.123 e. The number of para-hydroxylation sites is 1. The van der Waals surface area contributed by atoms with Crippen LogP contribution in [-0.4, -0.2) is 18.7 Å². The summed E-state index contributed by atoms with van der Waals surface area (Å²) in [7, 11) is 0. The van der Waals surface area contributed by atoms with Crippen LogP contribution in [0.5, 0.6) is 5.75 Å². The molecule has 1 N–H and O–H groups in total. The van der Waals surface area contributed by atoms with Crippen LogP contribution in [0.3, 0.4) is 0 Å². The van der Waals surface area contributed by atoms with E-state index in [0.717, 1.165) is 30.0 Å². The molecule has 2 heteroatoms. The first-order valence-electron chi connectivity index (χ1n) is 8.86. The first-order valence-corrected chi connectivity index (χ1v) is 8.86. The Labute approximate surface area is 128 Å². The van der Waals surface area contributed by atoms with Crippen molar-refractivity contribution < 1.29 is 4.74 Å². The highest BCUT2D eigenvalue weighted by molar-refractivity contribution is 5.37. The maximum atomic E-state index is 6.19. The van der Waals surface area contributed by atoms with Gasteiger partial charge in [-0.2, -0.15) is 0 Å². The zero-order valence-corrected chi connectivity index (χ0v) is 12.9. The van der Waals surface area contributed by atoms with Gasteiger partial charge in [-0.15, -0.1) is 0 Å². The molecular weight excluding hydrogens is 258 g/mol. The van der Waals surface area contributed by atoms with Gasteiger partial charge in [0, 0.05) is 12.5 Å². The molecule has 0 saturated heterocycles. The minimum atomic E-state index is 0.411. The molecule has 2 nitrogen and oxygen atoms in total. The average molecular weight is 285 g/mol. The van der Waals surface area contributed by atoms with Gasteiger partial charge in [0.15, 0.2) is 0 Å². The molecule has 1 aliphatic heterocycles. The second-order valence-corrected chi connectivity index (χ2v) is 7.27. The Balaban J connectivity index is 1.37. The van der Waals surface area contributed by atoms with E-state index in [1.165, 1.54) is 57.1 Å². The van der Waals surface area contributed by atoms with Gasteiger partial charge < -0.3 is 10.1 Å². The summed E-state index contributed by atoms with van der Waals surface area (Å²) >= 11 is 0. The molecule has 2 fully saturated rings. The van der Waals surface area contributed by atoms with Gasteiger partial charge in [-0.25, -0.2) is 0 Å². The van der Waals surface area contributed by atoms with Crippen LogP contribution in [-0.2, 0) is 6.42 Å². The largest absolute Gasteiger partial charge is 0.490 e. The molecule has 2 unspecified atom stereocenters. The van der Waals surface area contributed by atoms with Crippen molar-refractivity contribution in [1.29, 1.82) is 0 Å². The third kappa shape index (κ3) is 3.26. The van der Waals surface area contributed by atoms with Crippen LogP contribution in [0.4, 0.5) is 0 Å². The van der Waals surface area contributed by atoms with Gasteiger partial charge in [-0.05, 0) is 49.3 Å². The van der Waals surface area contributed by atoms with Crippen molar-refractivity contribution in [3.63, 3.8) is 0 Å². The van der Waals surface area contributed by atoms with Gasteiger partial charge in [0.05, 0.1) is 0 Å². The molecule has 2 saturated carbocycles. The van der Waals surface area contributed by atoms with E-state index in [4.69, 9.17) is 4.74 Å². The standard InChI is InChI=1S/C19H27NO/c1-2-6-14(5-1)16(13-20-17-9-10-17)12-18-11-15-7-3-4-8-19(15)21-18/h3-4,7-8,14,16-18,20H,1-2,5-6,9-13H2. The molecule has 21 heavy (non-hydrogen) atoms. The van der Waals surface area contributed by atoms with Crippen molar-refractivity contribution in [3.8, 4) is 5.75 Å². The predicted octanol–water partition coefficient (Wildman–Crippen LogP) is 3.94. The van der Waals surface area contributed by atoms with Gasteiger partial charge in [-0.3, -0.25) is 0 Å². The van der Waals surface area contributed by atoms with E-state index in [-0.39, 0.29) is 0 Å². The highest BCUT2D eigenvalue weighted by atomic mass is 16.5. The molecule has 114 valence electrons. The summed E-state index contributed by atoms with van der Waals surface area (Å²) in [5.41, 5.74) is 1.41. The number of hydrogen-bond acceptors (Lipinski definition) is 2. The van der Waals surface area contributed by atoms with Gasteiger partial charge in [0.2, 0.25) is 0 Å². The lowest BCUT2D eigenvalue weighted by Gasteiger charge is -2.26. The van der Waals surface area contributed by atoms with Crippen LogP contribution < -0.4 is 10.1 Å². The smallest absolute Gasteiger partial charge is 0.123 e. The fourth-order valence-electron chi connectivity index (χ4n) is 4.20. The number of fused-ring (bicyclic) bond motifs is 1. The first-order chi connectivity index (χ1) is 10.4. The van der Waals surface area contributed by atoms with Gasteiger partial charge >= 0.3 is 0 Å². The van der Waals surface area contributed by atoms with E-state index >= 15 is 0 Å². The Morgan fingerprint density at radius 3 is 2.67 bits per heavy atom. The highest BCUT2D eigenvalue weighted by Gasteiger charge is 2.32. The Morgan fingerprint density at radius 2 is 1.90 bits per heavy atom. The van der Waals surface area contributed by atoms with Crippen LogP contribution in [0.1, 0.15) is 50.5 Å². The molecule has 0 radical (unpaired) electrons. The lowest BCUT2D eigenvalue weighted by atomic mass is 9.85. The molecule has 3 aliphatic rings. The topological polar surface area (TPSA) is 21.3 Å². The first kappa shape index (κ1) is 13.6. The summed E-state index contributed by atoms with van der Waals surface area (Å²) in [6.07, 6.45) is 11.3. The average Bonchev–Trinajstić information content (AvgIpc) is 3.02. The normalized spacial score (nSPS) is 26.6. The van der Waals surface area contributed by atoms with Crippen LogP contribution in [0, 0.1) is 11.8 Å². The third-order valence-electron chi connectivity index (χ3n) is 5.59. The molecule has 2 aliphatic carbocycles. The van der Waals surface area contributed by atoms with Crippen LogP contribution in [0.2, 0.25) is 0 Å². The van der Waals surface area contributed by atoms with Crippen LogP contribution in [0.15, 0.2) is 24.3 Å². The highest BCUT2D eigenvalue weighted by Crippen LogP contribution is 2.37. The second-order valence-electron chi connectivity index (χ2n) is 7.27. The van der Waals surface area contributed by atoms with E-state index < -0.39 is 0 Å². The predicted molar refractivity (Wildman–Crippen MR) is 85.7 cm³/mol. The molecule has 1 heterocycles. The van der Waals surface area contributed by atoms with E-state index in [1.807, 2.05) is 0 Å². The number of benzene rings is 1. The number of hydrogen-bond donors (Lipinski definition) is 1. The zero-order chi connectivity index (χ0) is 14.1. The van der Waals surface area contributed by atoms with Crippen molar-refractivity contribution in [2.75, 3.05) is 6.54 Å². The van der Waals surface area contributed by atoms with E-state index in [1.54, 1.807) is 0 Å². The number of ether oxygens (including phenoxy) is 1. The number of nitrogens with one attached hydrogen (secondary N) is 1. The summed E-state index contributed by atoms with van der Waals surface area (Å²) in [4.78, 5) is 0. The lowest BCUT2D eigenvalue weighted by Crippen LogP contribution is -2.32. The van der Waals surface area contributed by atoms with E-state index in [9.17, 15) is 0 Å². The summed E-state index contributed by atoms with van der Waals surface area (Å²) in [6, 6.07) is 9.40. The number of rotatable bonds is 6. The summed E-state index contributed by atoms with van der Waals surface area (Å²) in [5.74, 6) is 2.87. The maximum absolute atomic E-state index is 6.19. The fraction of sp³-hybridized carbons (Fsp3) is 0.684. The Hall–Kier alpha value is -1.02. The monoisotopic (exact) mass is 285 g/mol. The van der Waals surface area contributed by atoms with Crippen LogP contribution >= 0.6 is 0 Å². The molecule has 0 amide bonds. The molecule has 0 spiro atoms. The van der Waals surface area contributed by atoms with Crippen LogP contribution in [0.25, 0.3) is 0 Å². The van der Waals surface area contributed by atoms with Crippen molar-refractivity contribution in [2.24, 2.45) is 11.8 Å². The van der Waals surface area contributed by atoms with Crippen molar-refractivity contribution >= 4 is 0 Å². The third-order valence-corrected chi connectivity index (χ3v) is 5.59. The quantitative estimate of drug-likeness (QED) is 0.855. The Kier molecular flexibility index (Phi) is 3.89. The zero-order valence-electron chi connectivity index (χ0n) is 12.9. The molecule has 1 aromatic carbocycles. The Bertz CT molecular complexity index is 451. The van der Waals surface area contributed by atoms with Crippen molar-refractivity contribution in [1.82, 2.24) is 5.32 Å². The lowest BCUT2D eigenvalue weighted by molar-refractivity contribution is 0.165. The molecule has 1 aromatic rings. The van der Waals surface area contributed by atoms with E-state index in [0.29, 0.717) is 6.10 Å². The molecule has 4 rings (SSSR count). The minimum absolute atomic E-state index is 0.411. The summed E-state index contributed by atoms with van der Waals surface area (Å²) < 4.78 is 6.19. The minimum Gasteiger partial charge on any atom is -0.490 e. The SMILES string of the molecule is c1ccc2c(c1)CC(CC(CNC1CC1)C1CCCC1)O2. The molecule has 0 aromatic heterocycles. The van der Waals surface area contributed by atoms with Crippen molar-refractivity contribution in [2.45, 2.75) is 63.5 Å². The van der Waals surface area contributed by atoms with Crippen molar-refractivity contribution in [3.05, 3.63) is 29.8 Å².